The summed E-state index contributed by atoms with van der Waals surface area (Å²) in [6.45, 7) is 1.82. The number of nitrogens with two attached hydrogens (primary N) is 1. The first kappa shape index (κ1) is 30.5. The summed E-state index contributed by atoms with van der Waals surface area (Å²) in [5.74, 6) is -0.870. The molecular weight excluding hydrogens is 636 g/mol. The Morgan fingerprint density at radius 1 is 1.13 bits per heavy atom. The van der Waals surface area contributed by atoms with Crippen molar-refractivity contribution in [3.8, 4) is 23.3 Å². The van der Waals surface area contributed by atoms with Crippen molar-refractivity contribution >= 4 is 43.1 Å². The van der Waals surface area contributed by atoms with Crippen LogP contribution in [0.25, 0.3) is 32.2 Å². The maximum Gasteiger partial charge on any atom is 0.319 e. The van der Waals surface area contributed by atoms with Crippen LogP contribution in [0.1, 0.15) is 36.0 Å². The first-order valence-electron chi connectivity index (χ1n) is 15.7. The smallest absolute Gasteiger partial charge is 0.319 e. The van der Waals surface area contributed by atoms with Gasteiger partial charge in [-0.1, -0.05) is 0 Å². The largest absolute Gasteiger partial charge is 0.462 e. The Hall–Kier alpha value is -3.84. The van der Waals surface area contributed by atoms with E-state index in [1.165, 1.54) is 0 Å². The monoisotopic (exact) mass is 668 g/mol. The van der Waals surface area contributed by atoms with Crippen LogP contribution in [0.4, 0.5) is 28.4 Å². The number of halogens is 4. The lowest BCUT2D eigenvalue weighted by molar-refractivity contribution is 0.135. The lowest BCUT2D eigenvalue weighted by Gasteiger charge is -2.42. The van der Waals surface area contributed by atoms with Crippen molar-refractivity contribution in [3.05, 3.63) is 34.5 Å². The normalized spacial score (nSPS) is 24.5. The van der Waals surface area contributed by atoms with Gasteiger partial charge in [-0.25, -0.2) is 17.6 Å². The van der Waals surface area contributed by atoms with Crippen LogP contribution >= 0.6 is 11.3 Å². The molecule has 0 spiro atoms. The first-order chi connectivity index (χ1) is 22.8. The summed E-state index contributed by atoms with van der Waals surface area (Å²) in [6.07, 6.45) is 2.08. The third-order valence-corrected chi connectivity index (χ3v) is 11.1. The number of nitrogen functional groups attached to an aromatic ring is 1. The van der Waals surface area contributed by atoms with E-state index >= 15 is 4.39 Å². The van der Waals surface area contributed by atoms with Gasteiger partial charge in [-0.15, -0.1) is 11.3 Å². The van der Waals surface area contributed by atoms with E-state index in [0.29, 0.717) is 54.9 Å². The van der Waals surface area contributed by atoms with Crippen molar-refractivity contribution < 1.29 is 27.0 Å². The fraction of sp³-hybridized carbons (Fsp3) is 0.500. The van der Waals surface area contributed by atoms with Gasteiger partial charge in [0.2, 0.25) is 0 Å². The average Bonchev–Trinajstić information content (AvgIpc) is 3.80. The van der Waals surface area contributed by atoms with Gasteiger partial charge in [0, 0.05) is 55.3 Å². The van der Waals surface area contributed by atoms with E-state index < -0.39 is 24.5 Å². The van der Waals surface area contributed by atoms with Crippen molar-refractivity contribution in [1.82, 2.24) is 24.8 Å². The molecule has 2 bridgehead atoms. The van der Waals surface area contributed by atoms with Gasteiger partial charge in [-0.05, 0) is 37.4 Å². The molecule has 4 aliphatic heterocycles. The Bertz CT molecular complexity index is 1940. The van der Waals surface area contributed by atoms with E-state index in [2.05, 4.69) is 19.8 Å². The Kier molecular flexibility index (Phi) is 7.58. The second kappa shape index (κ2) is 11.7. The van der Waals surface area contributed by atoms with E-state index in [9.17, 15) is 18.4 Å². The summed E-state index contributed by atoms with van der Waals surface area (Å²) < 4.78 is 71.8. The number of nitrogens with zero attached hydrogens (tertiary/aromatic N) is 7. The number of likely N-dealkylation sites (tertiary alicyclic amines) is 2. The summed E-state index contributed by atoms with van der Waals surface area (Å²) in [7, 11) is 1.83. The molecule has 47 heavy (non-hydrogen) atoms. The molecule has 0 saturated carbocycles. The van der Waals surface area contributed by atoms with E-state index in [0.717, 1.165) is 30.4 Å². The molecule has 10 nitrogen and oxygen atoms in total. The number of aromatic nitrogens is 3. The Labute approximate surface area is 271 Å². The molecule has 246 valence electrons. The zero-order chi connectivity index (χ0) is 32.6. The highest BCUT2D eigenvalue weighted by Crippen LogP contribution is 2.48. The minimum absolute atomic E-state index is 0.0148. The van der Waals surface area contributed by atoms with Crippen LogP contribution in [0.15, 0.2) is 6.20 Å². The average molecular weight is 669 g/mol. The molecule has 3 saturated heterocycles. The third-order valence-electron chi connectivity index (χ3n) is 10.0. The van der Waals surface area contributed by atoms with Gasteiger partial charge in [0.15, 0.2) is 11.6 Å². The van der Waals surface area contributed by atoms with Gasteiger partial charge in [0.05, 0.1) is 40.8 Å². The highest BCUT2D eigenvalue weighted by Gasteiger charge is 2.43. The van der Waals surface area contributed by atoms with Crippen molar-refractivity contribution in [1.29, 1.82) is 5.26 Å². The standard InChI is InChI=1S/C32H32F4N8O2S/c1-42-9-15(34)6-18(42)12-46-32-40-28-25(31(41-32)44-16-2-3-17(44)11-43(10-16)5-4-33)21-14-45-13-20(21)23(26(28)36)27-24-19(7-37)30(38)47-29(24)22(35)8-39-27/h8,15-18H,2-6,9-14,38H2,1H3/t15-,16?,17?,18+/m1/s1. The van der Waals surface area contributed by atoms with Gasteiger partial charge in [0.1, 0.15) is 41.9 Å². The predicted molar refractivity (Wildman–Crippen MR) is 169 cm³/mol. The second-order valence-electron chi connectivity index (χ2n) is 12.8. The van der Waals surface area contributed by atoms with Crippen molar-refractivity contribution in [2.45, 2.75) is 56.8 Å². The molecule has 4 aromatic rings. The molecule has 4 atom stereocenters. The number of fused-ring (bicyclic) bond motifs is 6. The number of nitriles is 1. The number of rotatable bonds is 7. The molecule has 2 unspecified atom stereocenters. The highest BCUT2D eigenvalue weighted by atomic mass is 32.1. The van der Waals surface area contributed by atoms with Crippen LogP contribution in [0.2, 0.25) is 0 Å². The molecule has 0 radical (unpaired) electrons. The molecule has 2 N–H and O–H groups in total. The number of piperazine rings is 1. The number of alkyl halides is 2. The zero-order valence-electron chi connectivity index (χ0n) is 25.6. The minimum atomic E-state index is -0.968. The van der Waals surface area contributed by atoms with Crippen LogP contribution in [0.5, 0.6) is 6.01 Å². The molecular formula is C32H32F4N8O2S. The number of hydrogen-bond donors (Lipinski definition) is 1. The fourth-order valence-corrected chi connectivity index (χ4v) is 8.81. The summed E-state index contributed by atoms with van der Waals surface area (Å²) in [5.41, 5.74) is 7.45. The summed E-state index contributed by atoms with van der Waals surface area (Å²) >= 11 is 0.911. The number of anilines is 2. The van der Waals surface area contributed by atoms with Gasteiger partial charge in [0.25, 0.3) is 0 Å². The van der Waals surface area contributed by atoms with Gasteiger partial charge >= 0.3 is 6.01 Å². The lowest BCUT2D eigenvalue weighted by Crippen LogP contribution is -2.54. The number of benzene rings is 1. The molecule has 8 rings (SSSR count). The molecule has 3 fully saturated rings. The highest BCUT2D eigenvalue weighted by molar-refractivity contribution is 7.23. The maximum atomic E-state index is 17.3. The van der Waals surface area contributed by atoms with E-state index in [1.54, 1.807) is 0 Å². The SMILES string of the molecule is CN1C[C@H](F)C[C@H]1COc1nc(N2C3CCC2CN(CCF)C3)c2c3c(c(-c4ncc(F)c5sc(N)c(C#N)c45)c(F)c2n1)COC3. The number of hydrogen-bond acceptors (Lipinski definition) is 11. The quantitative estimate of drug-likeness (QED) is 0.278. The van der Waals surface area contributed by atoms with Crippen molar-refractivity contribution in [2.24, 2.45) is 0 Å². The number of pyridine rings is 1. The summed E-state index contributed by atoms with van der Waals surface area (Å²) in [4.78, 5) is 20.0. The van der Waals surface area contributed by atoms with Crippen LogP contribution in [-0.2, 0) is 18.0 Å². The maximum absolute atomic E-state index is 17.3. The predicted octanol–water partition coefficient (Wildman–Crippen LogP) is 4.71. The molecule has 15 heteroatoms. The molecule has 0 aliphatic carbocycles. The van der Waals surface area contributed by atoms with Gasteiger partial charge in [-0.2, -0.15) is 15.2 Å². The Balaban J connectivity index is 1.34. The topological polar surface area (TPSA) is 117 Å². The molecule has 0 amide bonds. The number of ether oxygens (including phenoxy) is 2. The summed E-state index contributed by atoms with van der Waals surface area (Å²) in [5, 5.41) is 10.7. The molecule has 3 aromatic heterocycles. The van der Waals surface area contributed by atoms with E-state index in [1.807, 2.05) is 18.0 Å². The number of likely N-dealkylation sites (N-methyl/N-ethyl adjacent to an activating group) is 1. The van der Waals surface area contributed by atoms with E-state index in [-0.39, 0.29) is 81.4 Å². The van der Waals surface area contributed by atoms with Gasteiger partial charge < -0.3 is 20.1 Å². The fourth-order valence-electron chi connectivity index (χ4n) is 7.89. The van der Waals surface area contributed by atoms with Gasteiger partial charge in [-0.3, -0.25) is 14.8 Å². The van der Waals surface area contributed by atoms with E-state index in [4.69, 9.17) is 20.2 Å². The molecule has 7 heterocycles. The van der Waals surface area contributed by atoms with Crippen LogP contribution in [0, 0.1) is 23.0 Å². The zero-order valence-corrected chi connectivity index (χ0v) is 26.4. The second-order valence-corrected chi connectivity index (χ2v) is 13.8. The summed E-state index contributed by atoms with van der Waals surface area (Å²) in [6, 6.07) is 1.82. The van der Waals surface area contributed by atoms with Crippen LogP contribution in [0.3, 0.4) is 0 Å². The van der Waals surface area contributed by atoms with Crippen LogP contribution in [-0.4, -0.2) is 95.6 Å². The minimum Gasteiger partial charge on any atom is -0.462 e. The number of thiophene rings is 1. The lowest BCUT2D eigenvalue weighted by atomic mass is 9.93. The molecule has 4 aliphatic rings. The Morgan fingerprint density at radius 2 is 1.89 bits per heavy atom. The van der Waals surface area contributed by atoms with Crippen LogP contribution < -0.4 is 15.4 Å². The Morgan fingerprint density at radius 3 is 2.60 bits per heavy atom. The van der Waals surface area contributed by atoms with Crippen molar-refractivity contribution in [3.63, 3.8) is 0 Å². The third kappa shape index (κ3) is 4.87. The van der Waals surface area contributed by atoms with Crippen molar-refractivity contribution in [2.75, 3.05) is 57.1 Å². The first-order valence-corrected chi connectivity index (χ1v) is 16.5. The molecule has 1 aromatic carbocycles.